The average Bonchev–Trinajstić information content (AvgIpc) is 3.14. The molecule has 2 N–H and O–H groups in total. The molecule has 0 aromatic heterocycles. The molecule has 0 atom stereocenters. The van der Waals surface area contributed by atoms with Crippen LogP contribution in [0.5, 0.6) is 23.0 Å². The van der Waals surface area contributed by atoms with Crippen molar-refractivity contribution in [1.29, 1.82) is 0 Å². The zero-order chi connectivity index (χ0) is 38.7. The van der Waals surface area contributed by atoms with Crippen LogP contribution in [0.4, 0.5) is 34.1 Å². The van der Waals surface area contributed by atoms with Crippen LogP contribution in [-0.2, 0) is 27.5 Å². The first-order valence-corrected chi connectivity index (χ1v) is 16.7. The SMILES string of the molecule is O=[N+]([O-])c1ccc(O)c(N=Nc2c(O)ccc3ccccc23)c1.O=[N+]([O-])c1ccc2c(N=Nc3c([O-])ccc4ccccc34)c([O-])cc(S(=O)(=O)[O-])c2c1.[Cr+3]. The van der Waals surface area contributed by atoms with Crippen LogP contribution in [0.15, 0.2) is 141 Å². The van der Waals surface area contributed by atoms with Crippen molar-refractivity contribution in [2.45, 2.75) is 4.90 Å². The largest absolute Gasteiger partial charge is 3.00 e. The molecule has 19 heteroatoms. The predicted octanol–water partition coefficient (Wildman–Crippen LogP) is 7.94. The molecule has 0 amide bonds. The molecule has 7 aromatic rings. The number of nitro groups is 2. The Morgan fingerprint density at radius 3 is 1.65 bits per heavy atom. The number of benzene rings is 7. The number of fused-ring (bicyclic) bond motifs is 3. The molecule has 17 nitrogen and oxygen atoms in total. The van der Waals surface area contributed by atoms with E-state index in [2.05, 4.69) is 20.5 Å². The summed E-state index contributed by atoms with van der Waals surface area (Å²) in [6, 6.07) is 27.3. The first-order valence-electron chi connectivity index (χ1n) is 15.3. The molecular weight excluding hydrogens is 776 g/mol. The van der Waals surface area contributed by atoms with Gasteiger partial charge in [-0.15, -0.1) is 10.2 Å². The second kappa shape index (κ2) is 15.9. The van der Waals surface area contributed by atoms with E-state index < -0.39 is 42.0 Å². The van der Waals surface area contributed by atoms with Gasteiger partial charge in [0.2, 0.25) is 0 Å². The minimum absolute atomic E-state index is 0. The molecule has 0 bridgehead atoms. The summed E-state index contributed by atoms with van der Waals surface area (Å²) in [5, 5.41) is 84.2. The van der Waals surface area contributed by atoms with Crippen molar-refractivity contribution >= 4 is 76.6 Å². The Balaban J connectivity index is 0.000000216. The Labute approximate surface area is 320 Å². The fraction of sp³-hybridized carbons (Fsp3) is 0. The third-order valence-electron chi connectivity index (χ3n) is 7.92. The second-order valence-corrected chi connectivity index (χ2v) is 12.6. The molecule has 0 spiro atoms. The van der Waals surface area contributed by atoms with Gasteiger partial charge in [0.15, 0.2) is 0 Å². The quantitative estimate of drug-likeness (QED) is 0.0675. The van der Waals surface area contributed by atoms with Gasteiger partial charge in [-0.1, -0.05) is 78.2 Å². The minimum Gasteiger partial charge on any atom is -0.871 e. The molecule has 7 aromatic carbocycles. The van der Waals surface area contributed by atoms with Crippen molar-refractivity contribution in [1.82, 2.24) is 0 Å². The molecule has 0 aliphatic heterocycles. The maximum Gasteiger partial charge on any atom is 3.00 e. The maximum absolute atomic E-state index is 12.5. The van der Waals surface area contributed by atoms with Gasteiger partial charge in [-0.3, -0.25) is 20.2 Å². The third kappa shape index (κ3) is 8.30. The van der Waals surface area contributed by atoms with Crippen molar-refractivity contribution in [3.05, 3.63) is 135 Å². The van der Waals surface area contributed by atoms with Crippen LogP contribution in [0.2, 0.25) is 0 Å². The van der Waals surface area contributed by atoms with Gasteiger partial charge in [-0.05, 0) is 35.0 Å². The number of phenols is 2. The van der Waals surface area contributed by atoms with Gasteiger partial charge in [0.05, 0.1) is 26.1 Å². The number of hydrogen-bond donors (Lipinski definition) is 2. The molecule has 1 radical (unpaired) electrons. The maximum atomic E-state index is 12.5. The summed E-state index contributed by atoms with van der Waals surface area (Å²) in [6.07, 6.45) is 0. The molecule has 55 heavy (non-hydrogen) atoms. The van der Waals surface area contributed by atoms with Crippen LogP contribution in [0.1, 0.15) is 0 Å². The van der Waals surface area contributed by atoms with Gasteiger partial charge in [0, 0.05) is 45.8 Å². The molecule has 7 rings (SSSR count). The number of nitrogens with zero attached hydrogens (tertiary/aromatic N) is 6. The van der Waals surface area contributed by atoms with E-state index in [1.54, 1.807) is 48.5 Å². The number of rotatable bonds is 7. The van der Waals surface area contributed by atoms with Crippen molar-refractivity contribution in [3.8, 4) is 23.0 Å². The van der Waals surface area contributed by atoms with Gasteiger partial charge in [0.1, 0.15) is 33.0 Å². The van der Waals surface area contributed by atoms with E-state index >= 15 is 0 Å². The number of phenolic OH excluding ortho intramolecular Hbond substituents is 2. The van der Waals surface area contributed by atoms with Crippen molar-refractivity contribution in [2.75, 3.05) is 0 Å². The Morgan fingerprint density at radius 2 is 1.04 bits per heavy atom. The first kappa shape index (κ1) is 39.2. The van der Waals surface area contributed by atoms with Crippen molar-refractivity contribution in [2.24, 2.45) is 20.5 Å². The first-order chi connectivity index (χ1) is 25.7. The Kier molecular flexibility index (Phi) is 11.3. The average molecular weight is 798 g/mol. The number of non-ortho nitro benzene ring substituents is 2. The fourth-order valence-electron chi connectivity index (χ4n) is 5.36. The molecular formula is C36H21CrN6O11S. The number of azo groups is 2. The van der Waals surface area contributed by atoms with Gasteiger partial charge in [-0.2, -0.15) is 10.2 Å². The van der Waals surface area contributed by atoms with Crippen LogP contribution in [0.3, 0.4) is 0 Å². The normalized spacial score (nSPS) is 11.4. The molecule has 0 unspecified atom stereocenters. The van der Waals surface area contributed by atoms with Crippen LogP contribution < -0.4 is 10.2 Å². The summed E-state index contributed by atoms with van der Waals surface area (Å²) < 4.78 is 34.8. The second-order valence-electron chi connectivity index (χ2n) is 11.3. The van der Waals surface area contributed by atoms with Crippen molar-refractivity contribution < 1.29 is 60.6 Å². The summed E-state index contributed by atoms with van der Waals surface area (Å²) in [7, 11) is -5.11. The van der Waals surface area contributed by atoms with E-state index in [1.807, 2.05) is 12.1 Å². The molecule has 0 aliphatic rings. The van der Waals surface area contributed by atoms with Crippen LogP contribution in [-0.4, -0.2) is 33.0 Å². The molecule has 0 saturated heterocycles. The van der Waals surface area contributed by atoms with E-state index in [1.165, 1.54) is 24.3 Å². The van der Waals surface area contributed by atoms with E-state index in [-0.39, 0.29) is 68.1 Å². The summed E-state index contributed by atoms with van der Waals surface area (Å²) in [5.41, 5.74) is -0.896. The van der Waals surface area contributed by atoms with Gasteiger partial charge in [0.25, 0.3) is 11.4 Å². The summed E-state index contributed by atoms with van der Waals surface area (Å²) >= 11 is 0. The Bertz CT molecular complexity index is 2840. The van der Waals surface area contributed by atoms with E-state index in [0.717, 1.165) is 29.7 Å². The predicted molar refractivity (Wildman–Crippen MR) is 190 cm³/mol. The summed E-state index contributed by atoms with van der Waals surface area (Å²) in [6.45, 7) is 0. The molecule has 0 fully saturated rings. The molecule has 273 valence electrons. The van der Waals surface area contributed by atoms with Crippen LogP contribution in [0, 0.1) is 20.2 Å². The monoisotopic (exact) mass is 797 g/mol. The van der Waals surface area contributed by atoms with Gasteiger partial charge < -0.3 is 25.0 Å². The summed E-state index contributed by atoms with van der Waals surface area (Å²) in [5.74, 6) is -1.70. The zero-order valence-electron chi connectivity index (χ0n) is 27.5. The van der Waals surface area contributed by atoms with Gasteiger partial charge in [-0.25, -0.2) is 8.42 Å². The zero-order valence-corrected chi connectivity index (χ0v) is 29.6. The van der Waals surface area contributed by atoms with E-state index in [9.17, 15) is 53.6 Å². The summed E-state index contributed by atoms with van der Waals surface area (Å²) in [4.78, 5) is 19.6. The molecule has 0 saturated carbocycles. The third-order valence-corrected chi connectivity index (χ3v) is 8.80. The Hall–Kier alpha value is -7.04. The molecule has 0 aliphatic carbocycles. The van der Waals surface area contributed by atoms with E-state index in [0.29, 0.717) is 22.2 Å². The number of hydrogen-bond acceptors (Lipinski definition) is 15. The van der Waals surface area contributed by atoms with Crippen LogP contribution in [0.25, 0.3) is 32.3 Å². The fourth-order valence-corrected chi connectivity index (χ4v) is 6.05. The number of aromatic hydroxyl groups is 2. The van der Waals surface area contributed by atoms with E-state index in [4.69, 9.17) is 0 Å². The molecule has 0 heterocycles. The Morgan fingerprint density at radius 1 is 0.527 bits per heavy atom. The minimum atomic E-state index is -5.11. The smallest absolute Gasteiger partial charge is 0.871 e. The van der Waals surface area contributed by atoms with Crippen molar-refractivity contribution in [3.63, 3.8) is 0 Å². The topological polar surface area (TPSA) is 280 Å². The standard InChI is InChI=1S/C20H13N3O7S.C16H11N3O4.Cr/c24-16-8-5-11-3-1-2-4-13(11)19(16)21-22-20-14-7-6-12(23(26)27)9-15(14)18(10-17(20)25)31(28,29)30;20-14-8-6-11(19(22)23)9-13(14)17-18-16-12-4-2-1-3-10(12)5-7-15(16)21;/h1-10,24-25H,(H,28,29,30);1-9,20-21H;/q;;+3/p-3. The van der Waals surface area contributed by atoms with Gasteiger partial charge >= 0.3 is 17.4 Å². The van der Waals surface area contributed by atoms with Crippen LogP contribution >= 0.6 is 0 Å². The number of nitro benzene ring substituents is 2.